The zero-order valence-electron chi connectivity index (χ0n) is 19.8. The van der Waals surface area contributed by atoms with Crippen molar-refractivity contribution in [2.45, 2.75) is 85.7 Å². The van der Waals surface area contributed by atoms with E-state index in [1.165, 1.54) is 13.8 Å². The van der Waals surface area contributed by atoms with Crippen LogP contribution in [0.5, 0.6) is 0 Å². The number of carbonyl (C=O) groups excluding carboxylic acids is 4. The van der Waals surface area contributed by atoms with Crippen LogP contribution in [0.15, 0.2) is 22.8 Å². The Morgan fingerprint density at radius 3 is 2.31 bits per heavy atom. The molecule has 2 aliphatic carbocycles. The van der Waals surface area contributed by atoms with Crippen molar-refractivity contribution >= 4 is 23.9 Å². The summed E-state index contributed by atoms with van der Waals surface area (Å²) in [6, 6.07) is 0. The average Bonchev–Trinajstić information content (AvgIpc) is 2.94. The van der Waals surface area contributed by atoms with Gasteiger partial charge in [-0.3, -0.25) is 9.59 Å². The Labute approximate surface area is 188 Å². The number of hydrogen-bond acceptors (Lipinski definition) is 8. The number of rotatable bonds is 4. The summed E-state index contributed by atoms with van der Waals surface area (Å²) in [6.45, 7) is 11.6. The molecule has 0 unspecified atom stereocenters. The van der Waals surface area contributed by atoms with E-state index < -0.39 is 35.2 Å². The quantitative estimate of drug-likeness (QED) is 0.366. The molecule has 8 heteroatoms. The molecular formula is C24H32O8. The highest BCUT2D eigenvalue weighted by Crippen LogP contribution is 2.61. The fraction of sp³-hybridized carbons (Fsp3) is 0.667. The molecule has 0 aromatic carbocycles. The summed E-state index contributed by atoms with van der Waals surface area (Å²) in [5, 5.41) is 0. The van der Waals surface area contributed by atoms with Crippen LogP contribution < -0.4 is 0 Å². The van der Waals surface area contributed by atoms with Gasteiger partial charge in [-0.2, -0.15) is 0 Å². The third-order valence-electron chi connectivity index (χ3n) is 7.54. The molecule has 1 aliphatic heterocycles. The second kappa shape index (κ2) is 8.37. The highest BCUT2D eigenvalue weighted by atomic mass is 16.7. The SMILES string of the molecule is C/C=C(\C)C(=O)O[C@@H]1C2=C(C)C(=O)O[C@@]2(OC(C)=O)C[C@H]2CC[C@H](OC(C)=O)[C@H](C)[C@]21C. The van der Waals surface area contributed by atoms with E-state index in [1.54, 1.807) is 26.8 Å². The van der Waals surface area contributed by atoms with E-state index >= 15 is 0 Å². The lowest BCUT2D eigenvalue weighted by atomic mass is 9.51. The first-order valence-corrected chi connectivity index (χ1v) is 11.0. The monoisotopic (exact) mass is 448 g/mol. The molecule has 0 amide bonds. The largest absolute Gasteiger partial charge is 0.462 e. The molecule has 2 fully saturated rings. The van der Waals surface area contributed by atoms with E-state index in [0.29, 0.717) is 24.0 Å². The van der Waals surface area contributed by atoms with Gasteiger partial charge in [0.25, 0.3) is 5.79 Å². The maximum Gasteiger partial charge on any atom is 0.337 e. The number of ether oxygens (including phenoxy) is 4. The molecule has 32 heavy (non-hydrogen) atoms. The average molecular weight is 449 g/mol. The molecule has 0 spiro atoms. The van der Waals surface area contributed by atoms with Gasteiger partial charge in [0.1, 0.15) is 12.2 Å². The van der Waals surface area contributed by atoms with Gasteiger partial charge in [0, 0.05) is 42.7 Å². The second-order valence-electron chi connectivity index (χ2n) is 9.31. The molecule has 3 aliphatic rings. The van der Waals surface area contributed by atoms with Crippen molar-refractivity contribution in [2.75, 3.05) is 0 Å². The van der Waals surface area contributed by atoms with Crippen molar-refractivity contribution in [1.29, 1.82) is 0 Å². The first-order chi connectivity index (χ1) is 14.9. The van der Waals surface area contributed by atoms with Gasteiger partial charge in [0.15, 0.2) is 0 Å². The molecule has 0 aromatic rings. The van der Waals surface area contributed by atoms with E-state index in [1.807, 2.05) is 13.8 Å². The Kier molecular flexibility index (Phi) is 6.28. The van der Waals surface area contributed by atoms with Crippen molar-refractivity contribution in [3.8, 4) is 0 Å². The van der Waals surface area contributed by atoms with E-state index in [4.69, 9.17) is 18.9 Å². The predicted molar refractivity (Wildman–Crippen MR) is 113 cm³/mol. The lowest BCUT2D eigenvalue weighted by Crippen LogP contribution is -2.62. The van der Waals surface area contributed by atoms with Gasteiger partial charge in [-0.15, -0.1) is 0 Å². The van der Waals surface area contributed by atoms with Crippen LogP contribution in [-0.2, 0) is 38.1 Å². The van der Waals surface area contributed by atoms with E-state index in [2.05, 4.69) is 0 Å². The molecule has 0 radical (unpaired) electrons. The zero-order chi connectivity index (χ0) is 24.0. The summed E-state index contributed by atoms with van der Waals surface area (Å²) in [7, 11) is 0. The molecule has 176 valence electrons. The Hall–Kier alpha value is -2.64. The van der Waals surface area contributed by atoms with Crippen LogP contribution in [0.2, 0.25) is 0 Å². The highest BCUT2D eigenvalue weighted by Gasteiger charge is 2.67. The summed E-state index contributed by atoms with van der Waals surface area (Å²) < 4.78 is 22.9. The summed E-state index contributed by atoms with van der Waals surface area (Å²) in [6.07, 6.45) is 1.88. The molecule has 0 saturated heterocycles. The molecule has 3 rings (SSSR count). The summed E-state index contributed by atoms with van der Waals surface area (Å²) >= 11 is 0. The van der Waals surface area contributed by atoms with Crippen molar-refractivity contribution in [2.24, 2.45) is 17.3 Å². The molecule has 8 nitrogen and oxygen atoms in total. The minimum Gasteiger partial charge on any atom is -0.462 e. The van der Waals surface area contributed by atoms with E-state index in [9.17, 15) is 19.2 Å². The third-order valence-corrected chi connectivity index (χ3v) is 7.54. The van der Waals surface area contributed by atoms with Crippen LogP contribution in [0.4, 0.5) is 0 Å². The topological polar surface area (TPSA) is 105 Å². The normalized spacial score (nSPS) is 36.6. The van der Waals surface area contributed by atoms with Gasteiger partial charge < -0.3 is 18.9 Å². The summed E-state index contributed by atoms with van der Waals surface area (Å²) in [5.41, 5.74) is 0.362. The van der Waals surface area contributed by atoms with Crippen molar-refractivity contribution in [1.82, 2.24) is 0 Å². The maximum absolute atomic E-state index is 12.9. The first kappa shape index (κ1) is 24.0. The van der Waals surface area contributed by atoms with Gasteiger partial charge in [-0.25, -0.2) is 9.59 Å². The minimum absolute atomic E-state index is 0.116. The fourth-order valence-corrected chi connectivity index (χ4v) is 5.56. The molecule has 0 aromatic heterocycles. The Morgan fingerprint density at radius 1 is 1.09 bits per heavy atom. The zero-order valence-corrected chi connectivity index (χ0v) is 19.8. The highest BCUT2D eigenvalue weighted by molar-refractivity contribution is 5.94. The fourth-order valence-electron chi connectivity index (χ4n) is 5.56. The van der Waals surface area contributed by atoms with Gasteiger partial charge in [-0.1, -0.05) is 19.9 Å². The van der Waals surface area contributed by atoms with E-state index in [-0.39, 0.29) is 35.9 Å². The van der Waals surface area contributed by atoms with Crippen LogP contribution >= 0.6 is 0 Å². The van der Waals surface area contributed by atoms with Crippen LogP contribution in [-0.4, -0.2) is 41.9 Å². The van der Waals surface area contributed by atoms with Crippen molar-refractivity contribution in [3.05, 3.63) is 22.8 Å². The number of hydrogen-bond donors (Lipinski definition) is 0. The van der Waals surface area contributed by atoms with E-state index in [0.717, 1.165) is 0 Å². The number of carbonyl (C=O) groups is 4. The lowest BCUT2D eigenvalue weighted by molar-refractivity contribution is -0.246. The van der Waals surface area contributed by atoms with Crippen LogP contribution in [0, 0.1) is 17.3 Å². The molecule has 0 bridgehead atoms. The maximum atomic E-state index is 12.9. The van der Waals surface area contributed by atoms with Crippen molar-refractivity contribution < 1.29 is 38.1 Å². The minimum atomic E-state index is -1.60. The standard InChI is InChI=1S/C24H32O8/c1-8-12(2)21(27)30-20-19-13(3)22(28)32-24(19,31-16(6)26)11-17-9-10-18(29-15(5)25)14(4)23(17,20)7/h8,14,17-18,20H,9-11H2,1-7H3/b12-8+/t14-,17+,18-,20+,23+,24-/m0/s1. The Balaban J connectivity index is 2.17. The smallest absolute Gasteiger partial charge is 0.337 e. The van der Waals surface area contributed by atoms with Gasteiger partial charge in [-0.05, 0) is 39.5 Å². The van der Waals surface area contributed by atoms with Crippen LogP contribution in [0.3, 0.4) is 0 Å². The third kappa shape index (κ3) is 3.73. The molecule has 1 heterocycles. The molecule has 0 N–H and O–H groups in total. The number of allylic oxidation sites excluding steroid dienone is 1. The second-order valence-corrected chi connectivity index (χ2v) is 9.31. The molecule has 2 saturated carbocycles. The predicted octanol–water partition coefficient (Wildman–Crippen LogP) is 3.38. The first-order valence-electron chi connectivity index (χ1n) is 11.0. The Morgan fingerprint density at radius 2 is 1.75 bits per heavy atom. The number of esters is 4. The summed E-state index contributed by atoms with van der Waals surface area (Å²) in [4.78, 5) is 49.3. The molecule has 6 atom stereocenters. The van der Waals surface area contributed by atoms with Gasteiger partial charge in [0.05, 0.1) is 5.57 Å². The lowest BCUT2D eigenvalue weighted by Gasteiger charge is -2.58. The number of fused-ring (bicyclic) bond motifs is 2. The van der Waals surface area contributed by atoms with Gasteiger partial charge in [0.2, 0.25) is 0 Å². The van der Waals surface area contributed by atoms with Crippen molar-refractivity contribution in [3.63, 3.8) is 0 Å². The summed E-state index contributed by atoms with van der Waals surface area (Å²) in [5.74, 6) is -4.00. The Bertz CT molecular complexity index is 915. The van der Waals surface area contributed by atoms with Crippen LogP contribution in [0.25, 0.3) is 0 Å². The van der Waals surface area contributed by atoms with Crippen LogP contribution in [0.1, 0.15) is 67.7 Å². The molecular weight excluding hydrogens is 416 g/mol. The van der Waals surface area contributed by atoms with Gasteiger partial charge >= 0.3 is 23.9 Å².